The number of carboxylic acids is 1. The highest BCUT2D eigenvalue weighted by Gasteiger charge is 2.31. The highest BCUT2D eigenvalue weighted by atomic mass is 19.1. The number of benzene rings is 2. The zero-order valence-electron chi connectivity index (χ0n) is 22.0. The Kier molecular flexibility index (Phi) is 7.15. The van der Waals surface area contributed by atoms with Crippen LogP contribution in [0.2, 0.25) is 0 Å². The van der Waals surface area contributed by atoms with Crippen molar-refractivity contribution in [3.05, 3.63) is 83.4 Å². The summed E-state index contributed by atoms with van der Waals surface area (Å²) in [7, 11) is 1.64. The number of carbonyl (C=O) groups is 2. The number of halogens is 1. The maximum absolute atomic E-state index is 14.0. The number of aliphatic carboxylic acids is 1. The topological polar surface area (TPSA) is 95.9 Å². The van der Waals surface area contributed by atoms with Crippen molar-refractivity contribution >= 4 is 40.0 Å². The van der Waals surface area contributed by atoms with Gasteiger partial charge in [-0.2, -0.15) is 9.37 Å². The zero-order valence-corrected chi connectivity index (χ0v) is 22.0. The van der Waals surface area contributed by atoms with E-state index in [1.165, 1.54) is 11.0 Å². The third kappa shape index (κ3) is 4.99. The molecule has 4 aromatic rings. The molecule has 3 heterocycles. The summed E-state index contributed by atoms with van der Waals surface area (Å²) in [6, 6.07) is 16.2. The molecule has 1 aliphatic rings. The minimum Gasteiger partial charge on any atom is -0.493 e. The van der Waals surface area contributed by atoms with Crippen LogP contribution in [-0.2, 0) is 17.6 Å². The van der Waals surface area contributed by atoms with Gasteiger partial charge in [-0.25, -0.2) is 4.98 Å². The van der Waals surface area contributed by atoms with Crippen LogP contribution < -0.4 is 14.5 Å². The first-order chi connectivity index (χ1) is 18.8. The summed E-state index contributed by atoms with van der Waals surface area (Å²) in [5.41, 5.74) is 2.71. The molecule has 1 atom stereocenters. The number of carboxylic acid groups (broad SMARTS) is 1. The molecule has 200 valence electrons. The van der Waals surface area contributed by atoms with E-state index in [1.807, 2.05) is 49.4 Å². The lowest BCUT2D eigenvalue weighted by Crippen LogP contribution is -2.25. The molecule has 5 rings (SSSR count). The molecule has 39 heavy (non-hydrogen) atoms. The van der Waals surface area contributed by atoms with E-state index in [4.69, 9.17) is 4.74 Å². The Labute approximate surface area is 225 Å². The summed E-state index contributed by atoms with van der Waals surface area (Å²) >= 11 is 0. The van der Waals surface area contributed by atoms with E-state index in [0.29, 0.717) is 54.6 Å². The second kappa shape index (κ2) is 10.7. The van der Waals surface area contributed by atoms with Crippen LogP contribution in [0.25, 0.3) is 10.8 Å². The number of hydrogen-bond acceptors (Lipinski definition) is 6. The second-order valence-electron chi connectivity index (χ2n) is 9.61. The van der Waals surface area contributed by atoms with Gasteiger partial charge in [-0.1, -0.05) is 37.3 Å². The number of amides is 1. The molecule has 1 amide bonds. The Bertz CT molecular complexity index is 1570. The van der Waals surface area contributed by atoms with Crippen LogP contribution in [-0.4, -0.2) is 47.2 Å². The van der Waals surface area contributed by atoms with Gasteiger partial charge in [0.2, 0.25) is 5.95 Å². The van der Waals surface area contributed by atoms with Crippen molar-refractivity contribution < 1.29 is 23.8 Å². The smallest absolute Gasteiger partial charge is 0.306 e. The van der Waals surface area contributed by atoms with E-state index < -0.39 is 17.8 Å². The van der Waals surface area contributed by atoms with Gasteiger partial charge in [-0.15, -0.1) is 0 Å². The van der Waals surface area contributed by atoms with Crippen molar-refractivity contribution in [2.75, 3.05) is 30.0 Å². The number of nitrogens with zero attached hydrogens (tertiary/aromatic N) is 4. The summed E-state index contributed by atoms with van der Waals surface area (Å²) in [6.07, 6.45) is 2.65. The first-order valence-corrected chi connectivity index (χ1v) is 12.9. The summed E-state index contributed by atoms with van der Waals surface area (Å²) in [4.78, 5) is 36.6. The van der Waals surface area contributed by atoms with Crippen LogP contribution in [0.3, 0.4) is 0 Å². The average Bonchev–Trinajstić information content (AvgIpc) is 3.02. The van der Waals surface area contributed by atoms with Crippen molar-refractivity contribution in [1.29, 1.82) is 0 Å². The molecule has 1 aliphatic heterocycles. The SMILES string of the molecule is CCN1c2ncc(CCOc3ccc(CC(C)C(=O)O)c4ccccc34)cc2C(=O)N(C)c2ccc(F)nc21. The molecule has 0 spiro atoms. The number of pyridine rings is 2. The van der Waals surface area contributed by atoms with E-state index in [2.05, 4.69) is 9.97 Å². The minimum absolute atomic E-state index is 0.247. The van der Waals surface area contributed by atoms with Crippen LogP contribution in [0.5, 0.6) is 5.75 Å². The molecule has 8 nitrogen and oxygen atoms in total. The minimum atomic E-state index is -0.826. The molecule has 1 N–H and O–H groups in total. The standard InChI is InChI=1S/C30H29FN4O4/c1-4-35-27-23(29(36)34(3)24-10-12-26(31)33-28(24)35)16-19(17-32-27)13-14-39-25-11-9-20(15-18(2)30(37)38)21-7-5-6-8-22(21)25/h5-12,16-18H,4,13-15H2,1-3H3,(H,37,38). The second-order valence-corrected chi connectivity index (χ2v) is 9.61. The molecular weight excluding hydrogens is 499 g/mol. The van der Waals surface area contributed by atoms with Crippen LogP contribution in [0.4, 0.5) is 21.7 Å². The number of fused-ring (bicyclic) bond motifs is 3. The Morgan fingerprint density at radius 1 is 1.10 bits per heavy atom. The lowest BCUT2D eigenvalue weighted by Gasteiger charge is -2.22. The monoisotopic (exact) mass is 528 g/mol. The molecular formula is C30H29FN4O4. The summed E-state index contributed by atoms with van der Waals surface area (Å²) in [5.74, 6) is -0.694. The van der Waals surface area contributed by atoms with Gasteiger partial charge in [0.05, 0.1) is 23.8 Å². The third-order valence-corrected chi connectivity index (χ3v) is 7.04. The lowest BCUT2D eigenvalue weighted by molar-refractivity contribution is -0.141. The fraction of sp³-hybridized carbons (Fsp3) is 0.267. The van der Waals surface area contributed by atoms with E-state index in [0.717, 1.165) is 21.9 Å². The Hall–Kier alpha value is -4.53. The average molecular weight is 529 g/mol. The molecule has 2 aromatic carbocycles. The van der Waals surface area contributed by atoms with Gasteiger partial charge >= 0.3 is 5.97 Å². The molecule has 0 saturated heterocycles. The number of carbonyl (C=O) groups excluding carboxylic acids is 1. The normalized spacial score (nSPS) is 13.6. The Morgan fingerprint density at radius 3 is 2.62 bits per heavy atom. The van der Waals surface area contributed by atoms with Gasteiger partial charge in [0, 0.05) is 31.6 Å². The Balaban J connectivity index is 1.37. The molecule has 9 heteroatoms. The van der Waals surface area contributed by atoms with Crippen LogP contribution in [0, 0.1) is 11.9 Å². The van der Waals surface area contributed by atoms with Crippen molar-refractivity contribution in [2.24, 2.45) is 5.92 Å². The van der Waals surface area contributed by atoms with E-state index in [1.54, 1.807) is 31.1 Å². The van der Waals surface area contributed by atoms with Gasteiger partial charge < -0.3 is 19.6 Å². The number of hydrogen-bond donors (Lipinski definition) is 1. The summed E-state index contributed by atoms with van der Waals surface area (Å²) in [6.45, 7) is 4.41. The van der Waals surface area contributed by atoms with Gasteiger partial charge in [-0.3, -0.25) is 9.59 Å². The zero-order chi connectivity index (χ0) is 27.7. The van der Waals surface area contributed by atoms with Gasteiger partial charge in [0.25, 0.3) is 5.91 Å². The highest BCUT2D eigenvalue weighted by Crippen LogP contribution is 2.38. The lowest BCUT2D eigenvalue weighted by atomic mass is 9.95. The van der Waals surface area contributed by atoms with E-state index >= 15 is 0 Å². The van der Waals surface area contributed by atoms with E-state index in [9.17, 15) is 19.1 Å². The molecule has 2 aromatic heterocycles. The first kappa shape index (κ1) is 26.1. The van der Waals surface area contributed by atoms with Gasteiger partial charge in [0.1, 0.15) is 11.6 Å². The molecule has 0 fully saturated rings. The van der Waals surface area contributed by atoms with Crippen LogP contribution in [0.1, 0.15) is 35.3 Å². The number of ether oxygens (including phenoxy) is 1. The molecule has 0 radical (unpaired) electrons. The number of anilines is 3. The van der Waals surface area contributed by atoms with Crippen LogP contribution in [0.15, 0.2) is 60.8 Å². The maximum Gasteiger partial charge on any atom is 0.306 e. The predicted octanol–water partition coefficient (Wildman–Crippen LogP) is 5.40. The fourth-order valence-electron chi connectivity index (χ4n) is 4.91. The molecule has 0 aliphatic carbocycles. The first-order valence-electron chi connectivity index (χ1n) is 12.9. The highest BCUT2D eigenvalue weighted by molar-refractivity contribution is 6.12. The third-order valence-electron chi connectivity index (χ3n) is 7.04. The molecule has 1 unspecified atom stereocenters. The Morgan fingerprint density at radius 2 is 1.87 bits per heavy atom. The van der Waals surface area contributed by atoms with E-state index in [-0.39, 0.29) is 5.91 Å². The van der Waals surface area contributed by atoms with Crippen molar-refractivity contribution in [1.82, 2.24) is 9.97 Å². The molecule has 0 saturated carbocycles. The summed E-state index contributed by atoms with van der Waals surface area (Å²) < 4.78 is 20.1. The maximum atomic E-state index is 14.0. The number of aromatic nitrogens is 2. The van der Waals surface area contributed by atoms with Crippen molar-refractivity contribution in [2.45, 2.75) is 26.7 Å². The fourth-order valence-corrected chi connectivity index (χ4v) is 4.91. The van der Waals surface area contributed by atoms with Gasteiger partial charge in [-0.05, 0) is 54.1 Å². The largest absolute Gasteiger partial charge is 0.493 e. The predicted molar refractivity (Wildman–Crippen MR) is 147 cm³/mol. The van der Waals surface area contributed by atoms with Crippen molar-refractivity contribution in [3.8, 4) is 5.75 Å². The molecule has 0 bridgehead atoms. The van der Waals surface area contributed by atoms with Crippen LogP contribution >= 0.6 is 0 Å². The number of rotatable bonds is 8. The quantitative estimate of drug-likeness (QED) is 0.306. The summed E-state index contributed by atoms with van der Waals surface area (Å²) in [5, 5.41) is 11.2. The van der Waals surface area contributed by atoms with Crippen molar-refractivity contribution in [3.63, 3.8) is 0 Å². The van der Waals surface area contributed by atoms with Gasteiger partial charge in [0.15, 0.2) is 5.82 Å².